The molecule has 0 saturated heterocycles. The minimum atomic E-state index is -1.22. The van der Waals surface area contributed by atoms with Crippen molar-refractivity contribution in [3.05, 3.63) is 52.5 Å². The second-order valence-corrected chi connectivity index (χ2v) is 7.99. The van der Waals surface area contributed by atoms with Gasteiger partial charge in [0.15, 0.2) is 11.5 Å². The average Bonchev–Trinajstić information content (AvgIpc) is 3.36. The number of nitrogens with one attached hydrogen (secondary N) is 1. The van der Waals surface area contributed by atoms with Gasteiger partial charge in [0.1, 0.15) is 23.0 Å². The zero-order valence-electron chi connectivity index (χ0n) is 17.5. The van der Waals surface area contributed by atoms with Gasteiger partial charge in [-0.2, -0.15) is 10.4 Å². The molecule has 162 valence electrons. The van der Waals surface area contributed by atoms with E-state index < -0.39 is 11.5 Å². The maximum Gasteiger partial charge on any atom is 0.273 e. The minimum absolute atomic E-state index is 0.0875. The van der Waals surface area contributed by atoms with Crippen LogP contribution in [-0.2, 0) is 12.1 Å². The molecule has 31 heavy (non-hydrogen) atoms. The van der Waals surface area contributed by atoms with Gasteiger partial charge in [-0.05, 0) is 39.0 Å². The maximum absolute atomic E-state index is 12.4. The van der Waals surface area contributed by atoms with Crippen LogP contribution in [0.1, 0.15) is 42.6 Å². The Labute approximate surface area is 184 Å². The number of hydrogen-bond acceptors (Lipinski definition) is 7. The Hall–Kier alpha value is -3.35. The standard InChI is InChI=1S/C21H22ClN5O4/c1-12(24-20(28)17-9-19(31-26-17)21(2,3)29)11-27-6-5-16(25-27)13-7-15(22)14(10-23)18(8-13)30-4/h5-9,12,29H,11H2,1-4H3,(H,24,28). The summed E-state index contributed by atoms with van der Waals surface area (Å²) >= 11 is 6.19. The Morgan fingerprint density at radius 1 is 1.45 bits per heavy atom. The lowest BCUT2D eigenvalue weighted by molar-refractivity contribution is 0.0474. The molecule has 0 bridgehead atoms. The summed E-state index contributed by atoms with van der Waals surface area (Å²) < 4.78 is 12.0. The molecule has 2 heterocycles. The summed E-state index contributed by atoms with van der Waals surface area (Å²) in [5.74, 6) is 0.166. The van der Waals surface area contributed by atoms with Crippen molar-refractivity contribution >= 4 is 17.5 Å². The van der Waals surface area contributed by atoms with Crippen LogP contribution in [0.25, 0.3) is 11.3 Å². The molecule has 2 N–H and O–H groups in total. The SMILES string of the molecule is COc1cc(-c2ccn(CC(C)NC(=O)c3cc(C(C)(C)O)on3)n2)cc(Cl)c1C#N. The highest BCUT2D eigenvalue weighted by molar-refractivity contribution is 6.32. The molecule has 0 spiro atoms. The zero-order chi connectivity index (χ0) is 22.8. The number of halogens is 1. The van der Waals surface area contributed by atoms with E-state index >= 15 is 0 Å². The Balaban J connectivity index is 1.68. The van der Waals surface area contributed by atoms with E-state index in [9.17, 15) is 15.2 Å². The maximum atomic E-state index is 12.4. The molecule has 1 amide bonds. The second kappa shape index (κ2) is 8.79. The molecule has 0 aliphatic heterocycles. The number of rotatable bonds is 7. The fourth-order valence-corrected chi connectivity index (χ4v) is 3.16. The number of aliphatic hydroxyl groups is 1. The van der Waals surface area contributed by atoms with Gasteiger partial charge in [-0.3, -0.25) is 9.48 Å². The van der Waals surface area contributed by atoms with Crippen molar-refractivity contribution in [3.8, 4) is 23.1 Å². The predicted molar refractivity (Wildman–Crippen MR) is 113 cm³/mol. The van der Waals surface area contributed by atoms with E-state index in [1.807, 2.05) is 13.0 Å². The minimum Gasteiger partial charge on any atom is -0.495 e. The number of nitriles is 1. The van der Waals surface area contributed by atoms with Crippen LogP contribution in [0.2, 0.25) is 5.02 Å². The molecule has 0 radical (unpaired) electrons. The highest BCUT2D eigenvalue weighted by Crippen LogP contribution is 2.32. The van der Waals surface area contributed by atoms with E-state index in [2.05, 4.69) is 15.6 Å². The van der Waals surface area contributed by atoms with Gasteiger partial charge in [0.25, 0.3) is 5.91 Å². The number of nitrogens with zero attached hydrogens (tertiary/aromatic N) is 4. The number of ether oxygens (including phenoxy) is 1. The van der Waals surface area contributed by atoms with Crippen molar-refractivity contribution in [3.63, 3.8) is 0 Å². The molecule has 3 rings (SSSR count). The molecule has 0 fully saturated rings. The van der Waals surface area contributed by atoms with Gasteiger partial charge in [-0.25, -0.2) is 0 Å². The molecular formula is C21H22ClN5O4. The number of hydrogen-bond donors (Lipinski definition) is 2. The van der Waals surface area contributed by atoms with E-state index in [0.717, 1.165) is 0 Å². The zero-order valence-corrected chi connectivity index (χ0v) is 18.3. The van der Waals surface area contributed by atoms with E-state index in [1.165, 1.54) is 13.2 Å². The second-order valence-electron chi connectivity index (χ2n) is 7.58. The average molecular weight is 444 g/mol. The molecule has 0 saturated carbocycles. The van der Waals surface area contributed by atoms with E-state index in [0.29, 0.717) is 23.6 Å². The quantitative estimate of drug-likeness (QED) is 0.574. The van der Waals surface area contributed by atoms with Crippen molar-refractivity contribution < 1.29 is 19.2 Å². The van der Waals surface area contributed by atoms with Gasteiger partial charge >= 0.3 is 0 Å². The third-order valence-corrected chi connectivity index (χ3v) is 4.80. The number of carbonyl (C=O) groups is 1. The first-order valence-electron chi connectivity index (χ1n) is 9.44. The first kappa shape index (κ1) is 22.3. The summed E-state index contributed by atoms with van der Waals surface area (Å²) in [6.07, 6.45) is 1.78. The number of carbonyl (C=O) groups excluding carboxylic acids is 1. The van der Waals surface area contributed by atoms with E-state index in [1.54, 1.807) is 42.9 Å². The lowest BCUT2D eigenvalue weighted by atomic mass is 10.1. The predicted octanol–water partition coefficient (Wildman–Crippen LogP) is 3.12. The molecule has 10 heteroatoms. The van der Waals surface area contributed by atoms with Gasteiger partial charge in [0, 0.05) is 23.9 Å². The van der Waals surface area contributed by atoms with Crippen LogP contribution < -0.4 is 10.1 Å². The van der Waals surface area contributed by atoms with E-state index in [-0.39, 0.29) is 28.1 Å². The molecule has 1 aromatic carbocycles. The van der Waals surface area contributed by atoms with Crippen molar-refractivity contribution in [2.75, 3.05) is 7.11 Å². The van der Waals surface area contributed by atoms with Crippen LogP contribution in [-0.4, -0.2) is 39.1 Å². The summed E-state index contributed by atoms with van der Waals surface area (Å²) in [5, 5.41) is 30.4. The molecule has 9 nitrogen and oxygen atoms in total. The molecule has 0 aliphatic rings. The van der Waals surface area contributed by atoms with Gasteiger partial charge in [0.2, 0.25) is 0 Å². The molecule has 2 aromatic heterocycles. The Morgan fingerprint density at radius 3 is 2.81 bits per heavy atom. The van der Waals surface area contributed by atoms with Crippen LogP contribution in [0.3, 0.4) is 0 Å². The monoisotopic (exact) mass is 443 g/mol. The van der Waals surface area contributed by atoms with Crippen molar-refractivity contribution in [2.45, 2.75) is 39.0 Å². The largest absolute Gasteiger partial charge is 0.495 e. The van der Waals surface area contributed by atoms with Gasteiger partial charge in [-0.15, -0.1) is 0 Å². The van der Waals surface area contributed by atoms with Crippen LogP contribution in [0, 0.1) is 11.3 Å². The van der Waals surface area contributed by atoms with Crippen molar-refractivity contribution in [2.24, 2.45) is 0 Å². The van der Waals surface area contributed by atoms with E-state index in [4.69, 9.17) is 20.9 Å². The summed E-state index contributed by atoms with van der Waals surface area (Å²) in [6.45, 7) is 5.33. The molecule has 1 atom stereocenters. The third-order valence-electron chi connectivity index (χ3n) is 4.51. The number of benzene rings is 1. The van der Waals surface area contributed by atoms with Crippen LogP contribution in [0.15, 0.2) is 35.0 Å². The van der Waals surface area contributed by atoms with Crippen LogP contribution in [0.5, 0.6) is 5.75 Å². The number of methoxy groups -OCH3 is 1. The molecule has 0 aliphatic carbocycles. The van der Waals surface area contributed by atoms with Crippen molar-refractivity contribution in [1.29, 1.82) is 5.26 Å². The Morgan fingerprint density at radius 2 is 2.19 bits per heavy atom. The van der Waals surface area contributed by atoms with Gasteiger partial charge < -0.3 is 19.7 Å². The van der Waals surface area contributed by atoms with Gasteiger partial charge in [-0.1, -0.05) is 16.8 Å². The highest BCUT2D eigenvalue weighted by atomic mass is 35.5. The normalized spacial score (nSPS) is 12.3. The highest BCUT2D eigenvalue weighted by Gasteiger charge is 2.24. The lowest BCUT2D eigenvalue weighted by Gasteiger charge is -2.13. The third kappa shape index (κ3) is 5.05. The van der Waals surface area contributed by atoms with Crippen molar-refractivity contribution in [1.82, 2.24) is 20.3 Å². The first-order valence-corrected chi connectivity index (χ1v) is 9.82. The summed E-state index contributed by atoms with van der Waals surface area (Å²) in [5.41, 5.74) is 0.487. The molecular weight excluding hydrogens is 422 g/mol. The molecule has 1 unspecified atom stereocenters. The fraction of sp³-hybridized carbons (Fsp3) is 0.333. The summed E-state index contributed by atoms with van der Waals surface area (Å²) in [6, 6.07) is 8.33. The number of amides is 1. The Kier molecular flexibility index (Phi) is 6.34. The summed E-state index contributed by atoms with van der Waals surface area (Å²) in [4.78, 5) is 12.4. The van der Waals surface area contributed by atoms with Crippen LogP contribution >= 0.6 is 11.6 Å². The smallest absolute Gasteiger partial charge is 0.273 e. The Bertz CT molecular complexity index is 1140. The molecule has 3 aromatic rings. The fourth-order valence-electron chi connectivity index (χ4n) is 2.91. The first-order chi connectivity index (χ1) is 14.6. The topological polar surface area (TPSA) is 126 Å². The van der Waals surface area contributed by atoms with Gasteiger partial charge in [0.05, 0.1) is 24.4 Å². The lowest BCUT2D eigenvalue weighted by Crippen LogP contribution is -2.36. The summed E-state index contributed by atoms with van der Waals surface area (Å²) in [7, 11) is 1.47. The number of aromatic nitrogens is 3. The van der Waals surface area contributed by atoms with Crippen LogP contribution in [0.4, 0.5) is 0 Å².